The maximum absolute atomic E-state index is 12.3. The van der Waals surface area contributed by atoms with E-state index in [2.05, 4.69) is 15.3 Å². The van der Waals surface area contributed by atoms with E-state index in [1.807, 2.05) is 4.90 Å². The predicted octanol–water partition coefficient (Wildman–Crippen LogP) is 1.38. The second-order valence-electron chi connectivity index (χ2n) is 5.58. The molecule has 0 bridgehead atoms. The Labute approximate surface area is 152 Å². The number of morpholine rings is 1. The molecule has 3 rings (SSSR count). The quantitative estimate of drug-likeness (QED) is 0.603. The van der Waals surface area contributed by atoms with E-state index in [1.165, 1.54) is 12.4 Å². The third-order valence-electron chi connectivity index (χ3n) is 3.78. The summed E-state index contributed by atoms with van der Waals surface area (Å²) in [5, 5.41) is 24.3. The molecule has 2 aromatic rings. The van der Waals surface area contributed by atoms with E-state index in [1.54, 1.807) is 0 Å². The van der Waals surface area contributed by atoms with Gasteiger partial charge < -0.3 is 15.0 Å². The largest absolute Gasteiger partial charge is 0.378 e. The van der Waals surface area contributed by atoms with Crippen molar-refractivity contribution in [2.24, 2.45) is 0 Å². The number of benzene rings is 1. The van der Waals surface area contributed by atoms with Crippen LogP contribution in [-0.4, -0.2) is 52.0 Å². The molecule has 0 atom stereocenters. The van der Waals surface area contributed by atoms with Crippen LogP contribution in [0.3, 0.4) is 0 Å². The molecule has 1 aliphatic rings. The fraction of sp³-hybridized carbons (Fsp3) is 0.267. The minimum Gasteiger partial charge on any atom is -0.378 e. The van der Waals surface area contributed by atoms with Crippen LogP contribution in [0.25, 0.3) is 0 Å². The van der Waals surface area contributed by atoms with Gasteiger partial charge in [-0.25, -0.2) is 9.97 Å². The van der Waals surface area contributed by atoms with Gasteiger partial charge in [-0.2, -0.15) is 0 Å². The van der Waals surface area contributed by atoms with Crippen LogP contribution in [0.15, 0.2) is 30.6 Å². The number of rotatable bonds is 5. The average Bonchev–Trinajstić information content (AvgIpc) is 2.68. The van der Waals surface area contributed by atoms with E-state index in [9.17, 15) is 25.0 Å². The molecule has 0 unspecified atom stereocenters. The Morgan fingerprint density at radius 1 is 1.04 bits per heavy atom. The van der Waals surface area contributed by atoms with Gasteiger partial charge in [0.05, 0.1) is 52.8 Å². The maximum atomic E-state index is 12.3. The first-order valence-corrected chi connectivity index (χ1v) is 7.84. The third kappa shape index (κ3) is 4.30. The van der Waals surface area contributed by atoms with Crippen LogP contribution in [0.2, 0.25) is 0 Å². The second-order valence-corrected chi connectivity index (χ2v) is 5.58. The molecule has 0 aliphatic carbocycles. The number of anilines is 2. The van der Waals surface area contributed by atoms with Gasteiger partial charge in [-0.15, -0.1) is 0 Å². The van der Waals surface area contributed by atoms with Crippen molar-refractivity contribution in [3.05, 3.63) is 56.4 Å². The number of aromatic nitrogens is 2. The van der Waals surface area contributed by atoms with Crippen molar-refractivity contribution >= 4 is 28.9 Å². The van der Waals surface area contributed by atoms with Crippen molar-refractivity contribution in [3.8, 4) is 0 Å². The van der Waals surface area contributed by atoms with E-state index >= 15 is 0 Å². The Morgan fingerprint density at radius 3 is 2.11 bits per heavy atom. The smallest absolute Gasteiger partial charge is 0.277 e. The Kier molecular flexibility index (Phi) is 5.17. The molecule has 1 N–H and O–H groups in total. The zero-order chi connectivity index (χ0) is 19.4. The summed E-state index contributed by atoms with van der Waals surface area (Å²) >= 11 is 0. The summed E-state index contributed by atoms with van der Waals surface area (Å²) in [5.41, 5.74) is -1.05. The highest BCUT2D eigenvalue weighted by Crippen LogP contribution is 2.23. The Bertz CT molecular complexity index is 849. The molecule has 1 aromatic heterocycles. The van der Waals surface area contributed by atoms with E-state index in [0.29, 0.717) is 32.3 Å². The fourth-order valence-electron chi connectivity index (χ4n) is 2.45. The minimum absolute atomic E-state index is 0.215. The molecule has 0 radical (unpaired) electrons. The monoisotopic (exact) mass is 374 g/mol. The van der Waals surface area contributed by atoms with Gasteiger partial charge in [0, 0.05) is 25.2 Å². The van der Waals surface area contributed by atoms with Gasteiger partial charge in [-0.3, -0.25) is 25.0 Å². The molecule has 1 aromatic carbocycles. The number of nitrogens with zero attached hydrogens (tertiary/aromatic N) is 5. The Morgan fingerprint density at radius 2 is 1.59 bits per heavy atom. The van der Waals surface area contributed by atoms with Crippen molar-refractivity contribution in [3.63, 3.8) is 0 Å². The normalized spacial score (nSPS) is 13.9. The summed E-state index contributed by atoms with van der Waals surface area (Å²) in [6, 6.07) is 2.72. The third-order valence-corrected chi connectivity index (χ3v) is 3.78. The van der Waals surface area contributed by atoms with E-state index in [0.717, 1.165) is 18.2 Å². The van der Waals surface area contributed by atoms with Crippen molar-refractivity contribution in [2.75, 3.05) is 36.5 Å². The van der Waals surface area contributed by atoms with Crippen LogP contribution in [0.5, 0.6) is 0 Å². The van der Waals surface area contributed by atoms with Crippen LogP contribution >= 0.6 is 0 Å². The topological polar surface area (TPSA) is 154 Å². The van der Waals surface area contributed by atoms with Gasteiger partial charge in [0.25, 0.3) is 17.3 Å². The lowest BCUT2D eigenvalue weighted by atomic mass is 10.1. The van der Waals surface area contributed by atoms with Gasteiger partial charge in [0.2, 0.25) is 5.95 Å². The highest BCUT2D eigenvalue weighted by molar-refractivity contribution is 6.05. The Hall–Kier alpha value is -3.67. The molecule has 1 fully saturated rings. The van der Waals surface area contributed by atoms with Crippen LogP contribution in [-0.2, 0) is 4.74 Å². The molecule has 0 spiro atoms. The van der Waals surface area contributed by atoms with Crippen LogP contribution in [0.4, 0.5) is 23.0 Å². The highest BCUT2D eigenvalue weighted by Gasteiger charge is 2.20. The molecular weight excluding hydrogens is 360 g/mol. The zero-order valence-corrected chi connectivity index (χ0v) is 13.9. The molecular formula is C15H14N6O6. The fourth-order valence-corrected chi connectivity index (χ4v) is 2.45. The van der Waals surface area contributed by atoms with Crippen molar-refractivity contribution in [2.45, 2.75) is 0 Å². The number of nitrogens with one attached hydrogen (secondary N) is 1. The molecule has 1 saturated heterocycles. The molecule has 1 amide bonds. The van der Waals surface area contributed by atoms with Gasteiger partial charge in [0.1, 0.15) is 0 Å². The summed E-state index contributed by atoms with van der Waals surface area (Å²) < 4.78 is 5.25. The van der Waals surface area contributed by atoms with Gasteiger partial charge in [0.15, 0.2) is 0 Å². The second kappa shape index (κ2) is 7.70. The molecule has 12 heteroatoms. The highest BCUT2D eigenvalue weighted by atomic mass is 16.6. The number of nitro groups is 2. The number of carbonyl (C=O) groups excluding carboxylic acids is 1. The summed E-state index contributed by atoms with van der Waals surface area (Å²) in [5.74, 6) is -0.258. The first kappa shape index (κ1) is 18.1. The maximum Gasteiger partial charge on any atom is 0.277 e. The van der Waals surface area contributed by atoms with Crippen molar-refractivity contribution in [1.82, 2.24) is 9.97 Å². The number of carbonyl (C=O) groups is 1. The average molecular weight is 374 g/mol. The molecule has 0 saturated carbocycles. The standard InChI is InChI=1S/C15H14N6O6/c22-14(10-5-12(20(23)24)7-13(6-10)21(25)26)18-11-8-16-15(17-9-11)19-1-3-27-4-2-19/h5-9H,1-4H2,(H,18,22). The first-order chi connectivity index (χ1) is 12.9. The zero-order valence-electron chi connectivity index (χ0n) is 13.9. The summed E-state index contributed by atoms with van der Waals surface area (Å²) in [7, 11) is 0. The van der Waals surface area contributed by atoms with Crippen LogP contribution in [0, 0.1) is 20.2 Å². The van der Waals surface area contributed by atoms with Crippen LogP contribution < -0.4 is 10.2 Å². The molecule has 27 heavy (non-hydrogen) atoms. The van der Waals surface area contributed by atoms with E-state index in [4.69, 9.17) is 4.74 Å². The number of hydrogen-bond acceptors (Lipinski definition) is 9. The number of nitro benzene ring substituents is 2. The molecule has 1 aliphatic heterocycles. The number of amides is 1. The Balaban J connectivity index is 1.76. The lowest BCUT2D eigenvalue weighted by molar-refractivity contribution is -0.394. The van der Waals surface area contributed by atoms with Crippen molar-refractivity contribution in [1.29, 1.82) is 0 Å². The lowest BCUT2D eigenvalue weighted by Crippen LogP contribution is -2.37. The SMILES string of the molecule is O=C(Nc1cnc(N2CCOCC2)nc1)c1cc([N+](=O)[O-])cc([N+](=O)[O-])c1. The van der Waals surface area contributed by atoms with Gasteiger partial charge in [-0.05, 0) is 0 Å². The molecule has 140 valence electrons. The summed E-state index contributed by atoms with van der Waals surface area (Å²) in [6.07, 6.45) is 2.78. The first-order valence-electron chi connectivity index (χ1n) is 7.84. The van der Waals surface area contributed by atoms with Crippen molar-refractivity contribution < 1.29 is 19.4 Å². The predicted molar refractivity (Wildman–Crippen MR) is 92.8 cm³/mol. The molecule has 2 heterocycles. The number of non-ortho nitro benzene ring substituents is 2. The molecule has 12 nitrogen and oxygen atoms in total. The summed E-state index contributed by atoms with van der Waals surface area (Å²) in [4.78, 5) is 42.8. The summed E-state index contributed by atoms with van der Waals surface area (Å²) in [6.45, 7) is 2.47. The van der Waals surface area contributed by atoms with E-state index < -0.39 is 27.1 Å². The lowest BCUT2D eigenvalue weighted by Gasteiger charge is -2.26. The van der Waals surface area contributed by atoms with E-state index in [-0.39, 0.29) is 11.3 Å². The number of ether oxygens (including phenoxy) is 1. The minimum atomic E-state index is -0.802. The van der Waals surface area contributed by atoms with Crippen LogP contribution in [0.1, 0.15) is 10.4 Å². The van der Waals surface area contributed by atoms with Gasteiger partial charge in [-0.1, -0.05) is 0 Å². The number of hydrogen-bond donors (Lipinski definition) is 1. The van der Waals surface area contributed by atoms with Gasteiger partial charge >= 0.3 is 0 Å².